The zero-order valence-corrected chi connectivity index (χ0v) is 19.8. The highest BCUT2D eigenvalue weighted by Crippen LogP contribution is 2.39. The first-order valence-corrected chi connectivity index (χ1v) is 12.1. The number of hydrogen-bond acceptors (Lipinski definition) is 6. The molecule has 2 aromatic carbocycles. The molecule has 0 radical (unpaired) electrons. The Hall–Kier alpha value is -3.10. The Labute approximate surface area is 195 Å². The first kappa shape index (κ1) is 22.1. The molecular formula is C24H24N4O2S2. The predicted molar refractivity (Wildman–Crippen MR) is 132 cm³/mol. The Morgan fingerprint density at radius 3 is 2.72 bits per heavy atom. The summed E-state index contributed by atoms with van der Waals surface area (Å²) in [4.78, 5) is 13.7. The molecule has 0 aliphatic heterocycles. The van der Waals surface area contributed by atoms with Gasteiger partial charge >= 0.3 is 0 Å². The van der Waals surface area contributed by atoms with E-state index in [1.165, 1.54) is 27.8 Å². The molecule has 0 fully saturated rings. The Balaban J connectivity index is 1.53. The van der Waals surface area contributed by atoms with Gasteiger partial charge < -0.3 is 14.6 Å². The molecule has 1 N–H and O–H groups in total. The zero-order chi connectivity index (χ0) is 22.5. The fourth-order valence-electron chi connectivity index (χ4n) is 3.49. The predicted octanol–water partition coefficient (Wildman–Crippen LogP) is 5.74. The summed E-state index contributed by atoms with van der Waals surface area (Å²) in [6, 6.07) is 17.6. The monoisotopic (exact) mass is 464 g/mol. The Bertz CT molecular complexity index is 1220. The van der Waals surface area contributed by atoms with E-state index in [1.54, 1.807) is 24.5 Å². The second kappa shape index (κ2) is 10.0. The van der Waals surface area contributed by atoms with E-state index in [4.69, 9.17) is 4.74 Å². The van der Waals surface area contributed by atoms with Gasteiger partial charge in [-0.05, 0) is 31.5 Å². The van der Waals surface area contributed by atoms with Crippen LogP contribution in [0.2, 0.25) is 0 Å². The van der Waals surface area contributed by atoms with Crippen LogP contribution in [0.3, 0.4) is 0 Å². The molecule has 164 valence electrons. The number of hydrogen-bond donors (Lipinski definition) is 1. The number of carbonyl (C=O) groups excluding carboxylic acids is 1. The summed E-state index contributed by atoms with van der Waals surface area (Å²) in [5.41, 5.74) is 4.12. The number of amides is 1. The van der Waals surface area contributed by atoms with Crippen LogP contribution < -0.4 is 10.1 Å². The minimum absolute atomic E-state index is 0.105. The molecule has 2 heterocycles. The average molecular weight is 465 g/mol. The van der Waals surface area contributed by atoms with Gasteiger partial charge in [0.25, 0.3) is 0 Å². The van der Waals surface area contributed by atoms with Crippen molar-refractivity contribution in [2.75, 3.05) is 18.2 Å². The van der Waals surface area contributed by atoms with Gasteiger partial charge in [-0.2, -0.15) is 0 Å². The summed E-state index contributed by atoms with van der Waals surface area (Å²) >= 11 is 3.09. The zero-order valence-electron chi connectivity index (χ0n) is 18.2. The molecule has 0 saturated carbocycles. The van der Waals surface area contributed by atoms with E-state index in [2.05, 4.69) is 51.4 Å². The standard InChI is InChI=1S/C24H24N4O2S2/c1-4-28-23(20-14-31-16(2)22(20)17-9-6-5-7-10-17)26-27-24(28)32-15-21(29)25-18-11-8-12-19(13-18)30-3/h5-14H,4,15H2,1-3H3,(H,25,29). The van der Waals surface area contributed by atoms with Crippen LogP contribution in [0.5, 0.6) is 5.75 Å². The number of benzene rings is 2. The fourth-order valence-corrected chi connectivity index (χ4v) is 5.16. The number of thioether (sulfide) groups is 1. The van der Waals surface area contributed by atoms with Gasteiger partial charge in [-0.15, -0.1) is 21.5 Å². The molecule has 0 aliphatic rings. The minimum Gasteiger partial charge on any atom is -0.497 e. The number of thiophene rings is 1. The molecule has 32 heavy (non-hydrogen) atoms. The number of carbonyl (C=O) groups is 1. The molecule has 0 atom stereocenters. The lowest BCUT2D eigenvalue weighted by atomic mass is 10.0. The largest absolute Gasteiger partial charge is 0.497 e. The van der Waals surface area contributed by atoms with E-state index in [1.807, 2.05) is 36.4 Å². The van der Waals surface area contributed by atoms with Crippen LogP contribution in [-0.2, 0) is 11.3 Å². The Morgan fingerprint density at radius 2 is 1.97 bits per heavy atom. The minimum atomic E-state index is -0.105. The molecule has 4 rings (SSSR count). The third-order valence-corrected chi connectivity index (χ3v) is 6.88. The second-order valence-corrected chi connectivity index (χ2v) is 9.09. The van der Waals surface area contributed by atoms with Crippen molar-refractivity contribution in [2.24, 2.45) is 0 Å². The van der Waals surface area contributed by atoms with Crippen molar-refractivity contribution < 1.29 is 9.53 Å². The fraction of sp³-hybridized carbons (Fsp3) is 0.208. The summed E-state index contributed by atoms with van der Waals surface area (Å²) in [6.45, 7) is 4.90. The van der Waals surface area contributed by atoms with E-state index in [9.17, 15) is 4.79 Å². The van der Waals surface area contributed by atoms with Gasteiger partial charge in [0.15, 0.2) is 11.0 Å². The number of ether oxygens (including phenoxy) is 1. The highest BCUT2D eigenvalue weighted by molar-refractivity contribution is 7.99. The quantitative estimate of drug-likeness (QED) is 0.337. The first-order valence-electron chi connectivity index (χ1n) is 10.2. The van der Waals surface area contributed by atoms with E-state index < -0.39 is 0 Å². The number of methoxy groups -OCH3 is 1. The first-order chi connectivity index (χ1) is 15.6. The van der Waals surface area contributed by atoms with Crippen LogP contribution in [0.4, 0.5) is 5.69 Å². The van der Waals surface area contributed by atoms with Crippen LogP contribution in [0.1, 0.15) is 11.8 Å². The molecule has 0 spiro atoms. The van der Waals surface area contributed by atoms with E-state index in [-0.39, 0.29) is 11.7 Å². The Morgan fingerprint density at radius 1 is 1.16 bits per heavy atom. The molecular weight excluding hydrogens is 440 g/mol. The van der Waals surface area contributed by atoms with Crippen molar-refractivity contribution in [3.05, 3.63) is 64.9 Å². The van der Waals surface area contributed by atoms with Crippen molar-refractivity contribution in [3.8, 4) is 28.3 Å². The van der Waals surface area contributed by atoms with Gasteiger partial charge in [0.1, 0.15) is 5.75 Å². The second-order valence-electron chi connectivity index (χ2n) is 7.07. The van der Waals surface area contributed by atoms with E-state index in [0.717, 1.165) is 16.5 Å². The van der Waals surface area contributed by atoms with Gasteiger partial charge in [0.2, 0.25) is 5.91 Å². The normalized spacial score (nSPS) is 10.8. The number of anilines is 1. The molecule has 8 heteroatoms. The summed E-state index contributed by atoms with van der Waals surface area (Å²) < 4.78 is 7.27. The molecule has 1 amide bonds. The van der Waals surface area contributed by atoms with Crippen LogP contribution in [0.25, 0.3) is 22.5 Å². The third kappa shape index (κ3) is 4.71. The number of aromatic nitrogens is 3. The van der Waals surface area contributed by atoms with Gasteiger partial charge in [0.05, 0.1) is 12.9 Å². The lowest BCUT2D eigenvalue weighted by Crippen LogP contribution is -2.14. The number of nitrogens with zero attached hydrogens (tertiary/aromatic N) is 3. The molecule has 2 aromatic heterocycles. The SMILES string of the molecule is CCn1c(SCC(=O)Nc2cccc(OC)c2)nnc1-c1csc(C)c1-c1ccccc1. The molecule has 0 aliphatic carbocycles. The average Bonchev–Trinajstić information content (AvgIpc) is 3.40. The van der Waals surface area contributed by atoms with Crippen LogP contribution in [0, 0.1) is 6.92 Å². The summed E-state index contributed by atoms with van der Waals surface area (Å²) in [6.07, 6.45) is 0. The molecule has 0 unspecified atom stereocenters. The molecule has 4 aromatic rings. The maximum Gasteiger partial charge on any atom is 0.234 e. The van der Waals surface area contributed by atoms with Crippen LogP contribution >= 0.6 is 23.1 Å². The van der Waals surface area contributed by atoms with Crippen molar-refractivity contribution in [1.82, 2.24) is 14.8 Å². The number of aryl methyl sites for hydroxylation is 1. The maximum atomic E-state index is 12.5. The highest BCUT2D eigenvalue weighted by Gasteiger charge is 2.20. The van der Waals surface area contributed by atoms with Crippen molar-refractivity contribution in [2.45, 2.75) is 25.5 Å². The highest BCUT2D eigenvalue weighted by atomic mass is 32.2. The van der Waals surface area contributed by atoms with Crippen LogP contribution in [-0.4, -0.2) is 33.5 Å². The van der Waals surface area contributed by atoms with Crippen LogP contribution in [0.15, 0.2) is 65.1 Å². The smallest absolute Gasteiger partial charge is 0.234 e. The van der Waals surface area contributed by atoms with Gasteiger partial charge in [0, 0.05) is 39.7 Å². The summed E-state index contributed by atoms with van der Waals surface area (Å²) in [5.74, 6) is 1.66. The lowest BCUT2D eigenvalue weighted by molar-refractivity contribution is -0.113. The summed E-state index contributed by atoms with van der Waals surface area (Å²) in [7, 11) is 1.60. The molecule has 0 saturated heterocycles. The van der Waals surface area contributed by atoms with E-state index in [0.29, 0.717) is 18.0 Å². The topological polar surface area (TPSA) is 69.0 Å². The van der Waals surface area contributed by atoms with Crippen molar-refractivity contribution in [1.29, 1.82) is 0 Å². The third-order valence-electron chi connectivity index (χ3n) is 5.00. The molecule has 6 nitrogen and oxygen atoms in total. The van der Waals surface area contributed by atoms with Crippen molar-refractivity contribution >= 4 is 34.7 Å². The van der Waals surface area contributed by atoms with Crippen molar-refractivity contribution in [3.63, 3.8) is 0 Å². The number of nitrogens with one attached hydrogen (secondary N) is 1. The van der Waals surface area contributed by atoms with Gasteiger partial charge in [-0.25, -0.2) is 0 Å². The summed E-state index contributed by atoms with van der Waals surface area (Å²) in [5, 5.41) is 14.7. The number of rotatable bonds is 8. The molecule has 0 bridgehead atoms. The Kier molecular flexibility index (Phi) is 6.92. The van der Waals surface area contributed by atoms with Gasteiger partial charge in [-0.3, -0.25) is 4.79 Å². The van der Waals surface area contributed by atoms with E-state index >= 15 is 0 Å². The maximum absolute atomic E-state index is 12.5. The van der Waals surface area contributed by atoms with Gasteiger partial charge in [-0.1, -0.05) is 48.2 Å². The lowest BCUT2D eigenvalue weighted by Gasteiger charge is -2.10.